The van der Waals surface area contributed by atoms with Gasteiger partial charge in [0.15, 0.2) is 17.0 Å². The number of carbonyl (C=O) groups is 2. The Morgan fingerprint density at radius 1 is 0.875 bits per heavy atom. The van der Waals surface area contributed by atoms with E-state index in [1.165, 1.54) is 11.1 Å². The molecule has 10 rings (SSSR count). The first kappa shape index (κ1) is 27.9. The average Bonchev–Trinajstić information content (AvgIpc) is 3.90. The molecule has 0 atom stereocenters. The van der Waals surface area contributed by atoms with E-state index < -0.39 is 17.4 Å². The molecule has 2 aromatic carbocycles. The minimum atomic E-state index is -4.63. The van der Waals surface area contributed by atoms with Crippen LogP contribution in [0, 0.1) is 0 Å². The Kier molecular flexibility index (Phi) is 5.26. The quantitative estimate of drug-likeness (QED) is 0.151. The number of rotatable bonds is 4. The van der Waals surface area contributed by atoms with Gasteiger partial charge >= 0.3 is 6.18 Å². The van der Waals surface area contributed by atoms with Crippen molar-refractivity contribution in [2.24, 2.45) is 0 Å². The van der Waals surface area contributed by atoms with Gasteiger partial charge < -0.3 is 4.74 Å². The van der Waals surface area contributed by atoms with Crippen LogP contribution in [0.15, 0.2) is 85.1 Å². The normalized spacial score (nSPS) is 25.2. The van der Waals surface area contributed by atoms with Crippen molar-refractivity contribution in [2.75, 3.05) is 0 Å². The molecule has 5 aromatic rings. The van der Waals surface area contributed by atoms with Crippen molar-refractivity contribution in [3.8, 4) is 11.3 Å². The van der Waals surface area contributed by atoms with Crippen LogP contribution < -0.4 is 0 Å². The molecule has 0 radical (unpaired) electrons. The number of ether oxygens (including phenoxy) is 1. The van der Waals surface area contributed by atoms with Gasteiger partial charge in [0, 0.05) is 41.6 Å². The number of epoxide rings is 1. The molecule has 1 saturated heterocycles. The van der Waals surface area contributed by atoms with Gasteiger partial charge in [-0.3, -0.25) is 14.5 Å². The smallest absolute Gasteiger partial charge is 0.362 e. The van der Waals surface area contributed by atoms with Crippen molar-refractivity contribution in [2.45, 2.75) is 61.4 Å². The zero-order chi connectivity index (χ0) is 32.6. The molecule has 2 aliphatic heterocycles. The highest BCUT2D eigenvalue weighted by molar-refractivity contribution is 6.22. The van der Waals surface area contributed by atoms with Crippen LogP contribution in [0.2, 0.25) is 0 Å². The van der Waals surface area contributed by atoms with Crippen LogP contribution in [0.4, 0.5) is 13.2 Å². The number of imide groups is 1. The number of aromatic nitrogens is 4. The number of pyridine rings is 1. The van der Waals surface area contributed by atoms with Crippen LogP contribution >= 0.6 is 0 Å². The van der Waals surface area contributed by atoms with Gasteiger partial charge in [-0.25, -0.2) is 9.97 Å². The Bertz CT molecular complexity index is 2290. The number of alkyl halides is 3. The third-order valence-electron chi connectivity index (χ3n) is 10.9. The van der Waals surface area contributed by atoms with Gasteiger partial charge in [0.05, 0.1) is 28.0 Å². The van der Waals surface area contributed by atoms with E-state index in [2.05, 4.69) is 16.2 Å². The van der Waals surface area contributed by atoms with Gasteiger partial charge in [-0.2, -0.15) is 22.8 Å². The molecule has 2 saturated carbocycles. The summed E-state index contributed by atoms with van der Waals surface area (Å²) in [5, 5.41) is 4.39. The molecule has 5 aliphatic rings. The number of allylic oxidation sites excluding steroid dienone is 4. The Morgan fingerprint density at radius 2 is 1.60 bits per heavy atom. The lowest BCUT2D eigenvalue weighted by Crippen LogP contribution is -2.61. The minimum Gasteiger partial charge on any atom is -0.362 e. The molecule has 2 amide bonds. The third kappa shape index (κ3) is 3.67. The molecule has 3 aliphatic carbocycles. The second kappa shape index (κ2) is 9.04. The highest BCUT2D eigenvalue weighted by Crippen LogP contribution is 2.77. The van der Waals surface area contributed by atoms with Gasteiger partial charge in [-0.1, -0.05) is 54.6 Å². The summed E-state index contributed by atoms with van der Waals surface area (Å²) in [5.74, 6) is -0.600. The van der Waals surface area contributed by atoms with E-state index in [9.17, 15) is 22.8 Å². The predicted octanol–water partition coefficient (Wildman–Crippen LogP) is 7.28. The first-order valence-electron chi connectivity index (χ1n) is 16.0. The largest absolute Gasteiger partial charge is 0.435 e. The van der Waals surface area contributed by atoms with Crippen molar-refractivity contribution in [3.05, 3.63) is 113 Å². The Hall–Kier alpha value is -5.16. The van der Waals surface area contributed by atoms with Crippen LogP contribution in [0.5, 0.6) is 0 Å². The molecule has 8 nitrogen and oxygen atoms in total. The van der Waals surface area contributed by atoms with E-state index in [0.717, 1.165) is 58.5 Å². The molecule has 2 spiro atoms. The molecule has 11 heteroatoms. The van der Waals surface area contributed by atoms with Gasteiger partial charge in [0.25, 0.3) is 11.8 Å². The first-order valence-corrected chi connectivity index (χ1v) is 16.0. The van der Waals surface area contributed by atoms with E-state index in [1.54, 1.807) is 24.3 Å². The molecule has 0 N–H and O–H groups in total. The number of carbonyl (C=O) groups excluding carboxylic acids is 2. The molecular weight excluding hydrogens is 619 g/mol. The van der Waals surface area contributed by atoms with Gasteiger partial charge in [0.2, 0.25) is 0 Å². The van der Waals surface area contributed by atoms with Gasteiger partial charge in [0.1, 0.15) is 5.60 Å². The number of fused-ring (bicyclic) bond motifs is 5. The van der Waals surface area contributed by atoms with E-state index in [1.807, 2.05) is 42.5 Å². The summed E-state index contributed by atoms with van der Waals surface area (Å²) in [6.45, 7) is 0. The Morgan fingerprint density at radius 3 is 2.23 bits per heavy atom. The minimum absolute atomic E-state index is 0.0497. The van der Waals surface area contributed by atoms with Crippen LogP contribution in [-0.4, -0.2) is 47.5 Å². The van der Waals surface area contributed by atoms with E-state index in [-0.39, 0.29) is 34.3 Å². The molecule has 0 bridgehead atoms. The third-order valence-corrected chi connectivity index (χ3v) is 10.9. The number of amides is 2. The topological polar surface area (TPSA) is 93.0 Å². The summed E-state index contributed by atoms with van der Waals surface area (Å²) in [7, 11) is 0. The van der Waals surface area contributed by atoms with Gasteiger partial charge in [-0.05, 0) is 55.0 Å². The van der Waals surface area contributed by atoms with Crippen molar-refractivity contribution in [3.63, 3.8) is 0 Å². The monoisotopic (exact) mass is 645 g/mol. The number of nitrogens with zero attached hydrogens (tertiary/aromatic N) is 5. The second-order valence-corrected chi connectivity index (χ2v) is 13.6. The van der Waals surface area contributed by atoms with Crippen molar-refractivity contribution < 1.29 is 27.5 Å². The average molecular weight is 646 g/mol. The second-order valence-electron chi connectivity index (χ2n) is 13.6. The fourth-order valence-electron chi connectivity index (χ4n) is 8.28. The van der Waals surface area contributed by atoms with E-state index >= 15 is 0 Å². The summed E-state index contributed by atoms with van der Waals surface area (Å²) < 4.78 is 48.2. The summed E-state index contributed by atoms with van der Waals surface area (Å²) in [6, 6.07) is 17.5. The Labute approximate surface area is 271 Å². The van der Waals surface area contributed by atoms with Crippen LogP contribution in [-0.2, 0) is 16.5 Å². The maximum Gasteiger partial charge on any atom is 0.435 e. The summed E-state index contributed by atoms with van der Waals surface area (Å²) in [6.07, 6.45) is 7.69. The molecule has 238 valence electrons. The van der Waals surface area contributed by atoms with E-state index in [4.69, 9.17) is 9.72 Å². The number of hydrogen-bond donors (Lipinski definition) is 0. The number of benzene rings is 2. The van der Waals surface area contributed by atoms with Crippen LogP contribution in [0.25, 0.3) is 33.5 Å². The lowest BCUT2D eigenvalue weighted by Gasteiger charge is -2.52. The zero-order valence-corrected chi connectivity index (χ0v) is 25.4. The SMILES string of the molecule is O=C1c2ccccc2C(=O)N1C1(c2ccc(-c3nc4c(cnc5cc(C(F)(F)F)nn54)cc3C3=CC=CCC3)cc2)CC2(C1)OC21CC1. The number of halogens is 3. The zero-order valence-electron chi connectivity index (χ0n) is 25.4. The summed E-state index contributed by atoms with van der Waals surface area (Å²) in [4.78, 5) is 38.2. The summed E-state index contributed by atoms with van der Waals surface area (Å²) in [5.41, 5.74) is 2.86. The first-order chi connectivity index (χ1) is 23.1. The molecule has 0 unspecified atom stereocenters. The van der Waals surface area contributed by atoms with Crippen molar-refractivity contribution in [1.29, 1.82) is 0 Å². The maximum atomic E-state index is 13.8. The molecule has 3 aromatic heterocycles. The maximum absolute atomic E-state index is 13.8. The molecule has 48 heavy (non-hydrogen) atoms. The lowest BCUT2D eigenvalue weighted by atomic mass is 9.61. The van der Waals surface area contributed by atoms with Crippen LogP contribution in [0.3, 0.4) is 0 Å². The highest BCUT2D eigenvalue weighted by Gasteiger charge is 2.85. The fraction of sp³-hybridized carbons (Fsp3) is 0.270. The molecule has 3 fully saturated rings. The van der Waals surface area contributed by atoms with Gasteiger partial charge in [-0.15, -0.1) is 0 Å². The van der Waals surface area contributed by atoms with E-state index in [0.29, 0.717) is 35.0 Å². The molecular formula is C37H26F3N5O3. The number of hydrogen-bond acceptors (Lipinski definition) is 6. The van der Waals surface area contributed by atoms with Crippen molar-refractivity contribution >= 4 is 34.1 Å². The Balaban J connectivity index is 1.10. The highest BCUT2D eigenvalue weighted by atomic mass is 19.4. The molecule has 5 heterocycles. The van der Waals surface area contributed by atoms with Crippen LogP contribution in [0.1, 0.15) is 76.1 Å². The fourth-order valence-corrected chi connectivity index (χ4v) is 8.28. The standard InChI is InChI=1S/C37H26F3N5O3/c38-37(39,40)28-17-29-41-18-23-16-27(21-6-2-1-3-7-21)30(42-31(23)45(29)43-28)22-10-12-24(13-11-22)34(19-36(20-34)35(48-36)14-15-35)44-32(46)25-8-4-5-9-26(25)33(44)47/h1-2,4-6,8-13,16-18H,3,7,14-15,19-20H2. The lowest BCUT2D eigenvalue weighted by molar-refractivity contribution is -0.141. The predicted molar refractivity (Wildman–Crippen MR) is 169 cm³/mol. The van der Waals surface area contributed by atoms with Crippen molar-refractivity contribution in [1.82, 2.24) is 24.5 Å². The summed E-state index contributed by atoms with van der Waals surface area (Å²) >= 11 is 0.